The highest BCUT2D eigenvalue weighted by atomic mass is 16.5. The summed E-state index contributed by atoms with van der Waals surface area (Å²) < 4.78 is 21.9. The molecule has 2 unspecified atom stereocenters. The van der Waals surface area contributed by atoms with Gasteiger partial charge in [-0.15, -0.1) is 0 Å². The van der Waals surface area contributed by atoms with Crippen LogP contribution in [-0.4, -0.2) is 90.4 Å². The van der Waals surface area contributed by atoms with Gasteiger partial charge < -0.3 is 29.2 Å². The lowest BCUT2D eigenvalue weighted by Crippen LogP contribution is -2.40. The predicted octanol–water partition coefficient (Wildman–Crippen LogP) is 1.13. The van der Waals surface area contributed by atoms with Gasteiger partial charge >= 0.3 is 0 Å². The summed E-state index contributed by atoms with van der Waals surface area (Å²) >= 11 is 0. The Balaban J connectivity index is 1.51. The van der Waals surface area contributed by atoms with E-state index in [1.54, 1.807) is 7.11 Å². The molecule has 2 saturated heterocycles. The van der Waals surface area contributed by atoms with E-state index in [1.165, 1.54) is 6.42 Å². The minimum absolute atomic E-state index is 0.313. The van der Waals surface area contributed by atoms with Crippen molar-refractivity contribution in [2.45, 2.75) is 31.8 Å². The summed E-state index contributed by atoms with van der Waals surface area (Å²) in [6, 6.07) is 0. The Morgan fingerprint density at radius 2 is 2.08 bits per heavy atom. The van der Waals surface area contributed by atoms with Crippen molar-refractivity contribution in [2.75, 3.05) is 73.4 Å². The Kier molecular flexibility index (Phi) is 10.2. The maximum absolute atomic E-state index is 5.69. The number of methoxy groups -OCH3 is 1. The van der Waals surface area contributed by atoms with Crippen LogP contribution in [0.25, 0.3) is 0 Å². The average Bonchev–Trinajstić information content (AvgIpc) is 3.30. The highest BCUT2D eigenvalue weighted by Gasteiger charge is 2.24. The number of likely N-dealkylation sites (tertiary alicyclic amines) is 1. The van der Waals surface area contributed by atoms with E-state index in [1.807, 2.05) is 7.05 Å². The van der Waals surface area contributed by atoms with Crippen LogP contribution in [0.2, 0.25) is 0 Å². The summed E-state index contributed by atoms with van der Waals surface area (Å²) in [6.07, 6.45) is 4.74. The van der Waals surface area contributed by atoms with Crippen LogP contribution in [0.4, 0.5) is 0 Å². The molecule has 146 valence electrons. The molecule has 1 N–H and O–H groups in total. The van der Waals surface area contributed by atoms with Crippen molar-refractivity contribution >= 4 is 5.96 Å². The summed E-state index contributed by atoms with van der Waals surface area (Å²) in [5.41, 5.74) is 0. The highest BCUT2D eigenvalue weighted by molar-refractivity contribution is 5.80. The molecule has 2 rings (SSSR count). The molecule has 0 aromatic carbocycles. The van der Waals surface area contributed by atoms with Crippen LogP contribution in [0.15, 0.2) is 4.99 Å². The quantitative estimate of drug-likeness (QED) is 0.340. The van der Waals surface area contributed by atoms with Crippen LogP contribution in [0.1, 0.15) is 25.7 Å². The molecule has 0 radical (unpaired) electrons. The summed E-state index contributed by atoms with van der Waals surface area (Å²) in [4.78, 5) is 6.72. The number of hydrogen-bond donors (Lipinski definition) is 1. The Labute approximate surface area is 152 Å². The molecule has 2 aliphatic heterocycles. The molecule has 0 aliphatic carbocycles. The first-order valence-electron chi connectivity index (χ1n) is 9.55. The van der Waals surface area contributed by atoms with Gasteiger partial charge in [0.05, 0.1) is 32.5 Å². The normalized spacial score (nSPS) is 24.2. The van der Waals surface area contributed by atoms with Crippen LogP contribution in [0, 0.1) is 5.92 Å². The number of ether oxygens (including phenoxy) is 4. The summed E-state index contributed by atoms with van der Waals surface area (Å²) in [7, 11) is 3.54. The Bertz CT molecular complexity index is 375. The van der Waals surface area contributed by atoms with E-state index in [0.29, 0.717) is 25.2 Å². The van der Waals surface area contributed by atoms with E-state index in [9.17, 15) is 0 Å². The fourth-order valence-electron chi connectivity index (χ4n) is 3.25. The molecule has 0 aromatic rings. The lowest BCUT2D eigenvalue weighted by Gasteiger charge is -2.21. The SMILES string of the molecule is CN=C(NCCCOCC1CCCO1)N1CCC(COCCOC)C1. The van der Waals surface area contributed by atoms with Gasteiger partial charge in [0.2, 0.25) is 0 Å². The fraction of sp³-hybridized carbons (Fsp3) is 0.944. The van der Waals surface area contributed by atoms with E-state index in [-0.39, 0.29) is 0 Å². The van der Waals surface area contributed by atoms with Gasteiger partial charge in [0.15, 0.2) is 5.96 Å². The summed E-state index contributed by atoms with van der Waals surface area (Å²) in [5, 5.41) is 3.44. The van der Waals surface area contributed by atoms with Gasteiger partial charge in [-0.25, -0.2) is 0 Å². The van der Waals surface area contributed by atoms with Gasteiger partial charge in [-0.1, -0.05) is 0 Å². The topological polar surface area (TPSA) is 64.6 Å². The lowest BCUT2D eigenvalue weighted by molar-refractivity contribution is 0.0168. The molecule has 2 atom stereocenters. The lowest BCUT2D eigenvalue weighted by atomic mass is 10.1. The number of nitrogens with zero attached hydrogens (tertiary/aromatic N) is 2. The molecule has 25 heavy (non-hydrogen) atoms. The molecule has 7 nitrogen and oxygen atoms in total. The molecule has 0 aromatic heterocycles. The maximum Gasteiger partial charge on any atom is 0.193 e. The van der Waals surface area contributed by atoms with Gasteiger partial charge in [-0.3, -0.25) is 4.99 Å². The van der Waals surface area contributed by atoms with E-state index >= 15 is 0 Å². The monoisotopic (exact) mass is 357 g/mol. The number of nitrogens with one attached hydrogen (secondary N) is 1. The molecule has 0 spiro atoms. The van der Waals surface area contributed by atoms with E-state index in [2.05, 4.69) is 15.2 Å². The highest BCUT2D eigenvalue weighted by Crippen LogP contribution is 2.16. The maximum atomic E-state index is 5.69. The first-order chi connectivity index (χ1) is 12.3. The van der Waals surface area contributed by atoms with Gasteiger partial charge in [0, 0.05) is 52.9 Å². The van der Waals surface area contributed by atoms with Crippen LogP contribution >= 0.6 is 0 Å². The number of hydrogen-bond acceptors (Lipinski definition) is 5. The zero-order valence-corrected chi connectivity index (χ0v) is 15.9. The third-order valence-electron chi connectivity index (χ3n) is 4.66. The molecule has 2 heterocycles. The molecular weight excluding hydrogens is 322 g/mol. The van der Waals surface area contributed by atoms with Crippen LogP contribution < -0.4 is 5.32 Å². The van der Waals surface area contributed by atoms with Crippen molar-refractivity contribution in [2.24, 2.45) is 10.9 Å². The Hall–Kier alpha value is -0.890. The molecule has 0 bridgehead atoms. The largest absolute Gasteiger partial charge is 0.382 e. The minimum atomic E-state index is 0.313. The third kappa shape index (κ3) is 7.90. The second kappa shape index (κ2) is 12.5. The van der Waals surface area contributed by atoms with Crippen LogP contribution in [-0.2, 0) is 18.9 Å². The van der Waals surface area contributed by atoms with Crippen LogP contribution in [0.5, 0.6) is 0 Å². The third-order valence-corrected chi connectivity index (χ3v) is 4.66. The smallest absolute Gasteiger partial charge is 0.193 e. The average molecular weight is 357 g/mol. The standard InChI is InChI=1S/C18H35N3O4/c1-19-18(20-7-4-9-23-15-17-5-3-10-25-17)21-8-6-16(13-21)14-24-12-11-22-2/h16-17H,3-15H2,1-2H3,(H,19,20). The number of rotatable bonds is 11. The van der Waals surface area contributed by atoms with Crippen molar-refractivity contribution in [1.29, 1.82) is 0 Å². The van der Waals surface area contributed by atoms with Gasteiger partial charge in [-0.05, 0) is 25.7 Å². The zero-order valence-electron chi connectivity index (χ0n) is 15.9. The van der Waals surface area contributed by atoms with Crippen molar-refractivity contribution in [3.63, 3.8) is 0 Å². The summed E-state index contributed by atoms with van der Waals surface area (Å²) in [6.45, 7) is 7.43. The van der Waals surface area contributed by atoms with E-state index in [4.69, 9.17) is 18.9 Å². The fourth-order valence-corrected chi connectivity index (χ4v) is 3.25. The Morgan fingerprint density at radius 1 is 1.20 bits per heavy atom. The molecule has 2 aliphatic rings. The number of aliphatic imine (C=N–C) groups is 1. The van der Waals surface area contributed by atoms with Crippen molar-refractivity contribution < 1.29 is 18.9 Å². The molecule has 0 amide bonds. The first-order valence-corrected chi connectivity index (χ1v) is 9.55. The zero-order chi connectivity index (χ0) is 17.7. The van der Waals surface area contributed by atoms with Crippen molar-refractivity contribution in [3.8, 4) is 0 Å². The van der Waals surface area contributed by atoms with Crippen LogP contribution in [0.3, 0.4) is 0 Å². The van der Waals surface area contributed by atoms with E-state index in [0.717, 1.165) is 71.3 Å². The van der Waals surface area contributed by atoms with Crippen molar-refractivity contribution in [1.82, 2.24) is 10.2 Å². The van der Waals surface area contributed by atoms with E-state index < -0.39 is 0 Å². The predicted molar refractivity (Wildman–Crippen MR) is 98.1 cm³/mol. The molecular formula is C18H35N3O4. The molecule has 7 heteroatoms. The molecule has 0 saturated carbocycles. The second-order valence-corrected chi connectivity index (χ2v) is 6.71. The second-order valence-electron chi connectivity index (χ2n) is 6.71. The minimum Gasteiger partial charge on any atom is -0.382 e. The molecule has 2 fully saturated rings. The van der Waals surface area contributed by atoms with Gasteiger partial charge in [-0.2, -0.15) is 0 Å². The Morgan fingerprint density at radius 3 is 2.84 bits per heavy atom. The summed E-state index contributed by atoms with van der Waals surface area (Å²) in [5.74, 6) is 1.56. The van der Waals surface area contributed by atoms with Crippen molar-refractivity contribution in [3.05, 3.63) is 0 Å². The van der Waals surface area contributed by atoms with Gasteiger partial charge in [0.25, 0.3) is 0 Å². The number of guanidine groups is 1. The van der Waals surface area contributed by atoms with Gasteiger partial charge in [0.1, 0.15) is 0 Å². The first kappa shape index (κ1) is 20.4.